The number of carbonyl (C=O) groups excluding carboxylic acids is 1. The molecule has 0 radical (unpaired) electrons. The summed E-state index contributed by atoms with van der Waals surface area (Å²) >= 11 is 0. The second kappa shape index (κ2) is 6.68. The average Bonchev–Trinajstić information content (AvgIpc) is 3.23. The third kappa shape index (κ3) is 3.06. The normalized spacial score (nSPS) is 14.6. The first-order valence-electron chi connectivity index (χ1n) is 8.10. The summed E-state index contributed by atoms with van der Waals surface area (Å²) in [6.07, 6.45) is 3.28. The van der Waals surface area contributed by atoms with Crippen LogP contribution in [-0.2, 0) is 0 Å². The van der Waals surface area contributed by atoms with E-state index in [9.17, 15) is 4.79 Å². The smallest absolute Gasteiger partial charge is 0.256 e. The Balaban J connectivity index is 1.50. The van der Waals surface area contributed by atoms with Gasteiger partial charge in [-0.2, -0.15) is 4.68 Å². The van der Waals surface area contributed by atoms with Gasteiger partial charge >= 0.3 is 0 Å². The van der Waals surface area contributed by atoms with Gasteiger partial charge in [-0.15, -0.1) is 5.10 Å². The maximum absolute atomic E-state index is 13.0. The molecule has 1 fully saturated rings. The van der Waals surface area contributed by atoms with Crippen molar-refractivity contribution in [1.82, 2.24) is 30.1 Å². The number of hydrogen-bond acceptors (Lipinski definition) is 6. The lowest BCUT2D eigenvalue weighted by Gasteiger charge is -2.35. The topological polar surface area (TPSA) is 80.0 Å². The van der Waals surface area contributed by atoms with E-state index in [1.54, 1.807) is 6.20 Å². The summed E-state index contributed by atoms with van der Waals surface area (Å²) in [7, 11) is 0. The molecule has 0 unspecified atom stereocenters. The molecule has 3 aromatic rings. The third-order valence-corrected chi connectivity index (χ3v) is 4.27. The average molecular weight is 335 g/mol. The van der Waals surface area contributed by atoms with Crippen LogP contribution in [0.1, 0.15) is 10.4 Å². The number of nitrogens with zero attached hydrogens (tertiary/aromatic N) is 7. The quantitative estimate of drug-likeness (QED) is 0.711. The van der Waals surface area contributed by atoms with Crippen LogP contribution < -0.4 is 4.90 Å². The molecule has 1 amide bonds. The predicted molar refractivity (Wildman–Crippen MR) is 91.5 cm³/mol. The fourth-order valence-electron chi connectivity index (χ4n) is 2.98. The van der Waals surface area contributed by atoms with Gasteiger partial charge in [0.1, 0.15) is 12.1 Å². The van der Waals surface area contributed by atoms with Gasteiger partial charge in [0.15, 0.2) is 0 Å². The van der Waals surface area contributed by atoms with Gasteiger partial charge in [-0.1, -0.05) is 18.2 Å². The van der Waals surface area contributed by atoms with Crippen molar-refractivity contribution in [2.24, 2.45) is 0 Å². The molecular formula is C17H17N7O. The first-order valence-corrected chi connectivity index (χ1v) is 8.10. The molecule has 8 nitrogen and oxygen atoms in total. The van der Waals surface area contributed by atoms with Crippen LogP contribution in [-0.4, -0.2) is 62.2 Å². The van der Waals surface area contributed by atoms with Crippen molar-refractivity contribution in [3.05, 3.63) is 60.6 Å². The van der Waals surface area contributed by atoms with Gasteiger partial charge in [-0.3, -0.25) is 4.79 Å². The summed E-state index contributed by atoms with van der Waals surface area (Å²) in [5, 5.41) is 11.2. The third-order valence-electron chi connectivity index (χ3n) is 4.27. The Labute approximate surface area is 144 Å². The largest absolute Gasteiger partial charge is 0.353 e. The molecule has 126 valence electrons. The number of carbonyl (C=O) groups is 1. The summed E-state index contributed by atoms with van der Waals surface area (Å²) in [4.78, 5) is 21.4. The fourth-order valence-corrected chi connectivity index (χ4v) is 2.98. The molecule has 1 aromatic carbocycles. The molecule has 0 spiro atoms. The molecule has 0 N–H and O–H groups in total. The molecule has 0 saturated carbocycles. The molecule has 0 atom stereocenters. The van der Waals surface area contributed by atoms with E-state index in [1.165, 1.54) is 11.0 Å². The van der Waals surface area contributed by atoms with Gasteiger partial charge in [-0.05, 0) is 34.7 Å². The Morgan fingerprint density at radius 2 is 1.76 bits per heavy atom. The predicted octanol–water partition coefficient (Wildman–Crippen LogP) is 1.02. The van der Waals surface area contributed by atoms with Crippen molar-refractivity contribution in [2.45, 2.75) is 0 Å². The lowest BCUT2D eigenvalue weighted by atomic mass is 10.1. The van der Waals surface area contributed by atoms with Crippen LogP contribution in [0.4, 0.5) is 5.82 Å². The van der Waals surface area contributed by atoms with E-state index in [4.69, 9.17) is 0 Å². The Bertz CT molecular complexity index is 842. The van der Waals surface area contributed by atoms with E-state index < -0.39 is 0 Å². The van der Waals surface area contributed by atoms with Crippen molar-refractivity contribution in [3.63, 3.8) is 0 Å². The van der Waals surface area contributed by atoms with Crippen LogP contribution >= 0.6 is 0 Å². The van der Waals surface area contributed by atoms with E-state index in [2.05, 4.69) is 25.4 Å². The number of aromatic nitrogens is 5. The molecular weight excluding hydrogens is 318 g/mol. The summed E-state index contributed by atoms with van der Waals surface area (Å²) in [6.45, 7) is 2.82. The Kier molecular flexibility index (Phi) is 4.07. The van der Waals surface area contributed by atoms with Crippen molar-refractivity contribution in [2.75, 3.05) is 31.1 Å². The lowest BCUT2D eigenvalue weighted by Crippen LogP contribution is -2.49. The maximum Gasteiger partial charge on any atom is 0.256 e. The van der Waals surface area contributed by atoms with Crippen LogP contribution in [0.5, 0.6) is 0 Å². The molecule has 2 aromatic heterocycles. The molecule has 25 heavy (non-hydrogen) atoms. The van der Waals surface area contributed by atoms with Crippen LogP contribution in [0.25, 0.3) is 5.69 Å². The summed E-state index contributed by atoms with van der Waals surface area (Å²) in [6, 6.07) is 13.2. The molecule has 8 heteroatoms. The number of piperazine rings is 1. The highest BCUT2D eigenvalue weighted by Gasteiger charge is 2.24. The monoisotopic (exact) mass is 335 g/mol. The molecule has 1 saturated heterocycles. The number of hydrogen-bond donors (Lipinski definition) is 0. The van der Waals surface area contributed by atoms with Gasteiger partial charge in [0.2, 0.25) is 0 Å². The zero-order valence-corrected chi connectivity index (χ0v) is 13.6. The minimum absolute atomic E-state index is 0.00762. The van der Waals surface area contributed by atoms with Gasteiger partial charge in [0, 0.05) is 32.4 Å². The second-order valence-corrected chi connectivity index (χ2v) is 5.74. The van der Waals surface area contributed by atoms with Gasteiger partial charge < -0.3 is 9.80 Å². The minimum atomic E-state index is -0.00762. The maximum atomic E-state index is 13.0. The number of amides is 1. The number of anilines is 1. The highest BCUT2D eigenvalue weighted by molar-refractivity contribution is 5.97. The zero-order chi connectivity index (χ0) is 17.1. The number of para-hydroxylation sites is 1. The van der Waals surface area contributed by atoms with E-state index in [1.807, 2.05) is 47.4 Å². The van der Waals surface area contributed by atoms with Crippen molar-refractivity contribution < 1.29 is 4.79 Å². The molecule has 4 rings (SSSR count). The van der Waals surface area contributed by atoms with E-state index >= 15 is 0 Å². The highest BCUT2D eigenvalue weighted by Crippen LogP contribution is 2.18. The standard InChI is InChI=1S/C17H17N7O/c25-17(14-5-1-2-6-15(14)24-13-19-20-21-24)23-11-9-22(10-12-23)16-7-3-4-8-18-16/h1-8,13H,9-12H2. The first kappa shape index (κ1) is 15.3. The number of rotatable bonds is 3. The SMILES string of the molecule is O=C(c1ccccc1-n1cnnn1)N1CCN(c2ccccn2)CC1. The van der Waals surface area contributed by atoms with Crippen molar-refractivity contribution in [3.8, 4) is 5.69 Å². The Morgan fingerprint density at radius 1 is 0.960 bits per heavy atom. The van der Waals surface area contributed by atoms with E-state index in [-0.39, 0.29) is 5.91 Å². The second-order valence-electron chi connectivity index (χ2n) is 5.74. The molecule has 0 aliphatic carbocycles. The van der Waals surface area contributed by atoms with Gasteiger partial charge in [0.25, 0.3) is 5.91 Å². The van der Waals surface area contributed by atoms with Gasteiger partial charge in [-0.25, -0.2) is 4.98 Å². The highest BCUT2D eigenvalue weighted by atomic mass is 16.2. The minimum Gasteiger partial charge on any atom is -0.353 e. The summed E-state index contributed by atoms with van der Waals surface area (Å²) in [5.74, 6) is 0.940. The first-order chi connectivity index (χ1) is 12.3. The summed E-state index contributed by atoms with van der Waals surface area (Å²) in [5.41, 5.74) is 1.28. The van der Waals surface area contributed by atoms with E-state index in [0.29, 0.717) is 24.3 Å². The molecule has 1 aliphatic rings. The zero-order valence-electron chi connectivity index (χ0n) is 13.6. The fraction of sp³-hybridized carbons (Fsp3) is 0.235. The van der Waals surface area contributed by atoms with E-state index in [0.717, 1.165) is 18.9 Å². The molecule has 3 heterocycles. The van der Waals surface area contributed by atoms with Crippen molar-refractivity contribution >= 4 is 11.7 Å². The molecule has 0 bridgehead atoms. The van der Waals surface area contributed by atoms with Crippen LogP contribution in [0, 0.1) is 0 Å². The van der Waals surface area contributed by atoms with Crippen LogP contribution in [0.15, 0.2) is 55.0 Å². The lowest BCUT2D eigenvalue weighted by molar-refractivity contribution is 0.0746. The number of pyridine rings is 1. The van der Waals surface area contributed by atoms with Crippen molar-refractivity contribution in [1.29, 1.82) is 0 Å². The van der Waals surface area contributed by atoms with Crippen LogP contribution in [0.2, 0.25) is 0 Å². The Hall–Kier alpha value is -3.29. The summed E-state index contributed by atoms with van der Waals surface area (Å²) < 4.78 is 1.51. The van der Waals surface area contributed by atoms with Crippen LogP contribution in [0.3, 0.4) is 0 Å². The van der Waals surface area contributed by atoms with Gasteiger partial charge in [0.05, 0.1) is 11.3 Å². The molecule has 1 aliphatic heterocycles. The number of benzene rings is 1. The Morgan fingerprint density at radius 3 is 2.48 bits per heavy atom. The number of tetrazole rings is 1.